The summed E-state index contributed by atoms with van der Waals surface area (Å²) in [6.07, 6.45) is 10.00. The van der Waals surface area contributed by atoms with Crippen LogP contribution in [0.1, 0.15) is 70.2 Å². The molecule has 5 heteroatoms. The molecular formula is C16H31BrN4. The van der Waals surface area contributed by atoms with Crippen molar-refractivity contribution in [2.45, 2.75) is 84.7 Å². The van der Waals surface area contributed by atoms with E-state index in [9.17, 15) is 0 Å². The number of nitrogens with two attached hydrogens (primary N) is 1. The molecule has 0 fully saturated rings. The minimum absolute atomic E-state index is 0.328. The molecule has 1 aromatic rings. The molecule has 1 heterocycles. The molecule has 0 spiro atoms. The Balaban J connectivity index is 2.43. The van der Waals surface area contributed by atoms with Crippen LogP contribution in [0.3, 0.4) is 0 Å². The predicted octanol–water partition coefficient (Wildman–Crippen LogP) is 4.10. The van der Waals surface area contributed by atoms with E-state index in [-0.39, 0.29) is 0 Å². The molecule has 21 heavy (non-hydrogen) atoms. The zero-order valence-electron chi connectivity index (χ0n) is 13.8. The molecule has 0 saturated carbocycles. The number of aromatic nitrogens is 2. The van der Waals surface area contributed by atoms with E-state index in [4.69, 9.17) is 5.84 Å². The quantitative estimate of drug-likeness (QED) is 0.355. The lowest BCUT2D eigenvalue weighted by molar-refractivity contribution is 0.445. The van der Waals surface area contributed by atoms with E-state index in [1.165, 1.54) is 44.2 Å². The Kier molecular flexibility index (Phi) is 9.20. The average Bonchev–Trinajstić information content (AvgIpc) is 2.76. The highest BCUT2D eigenvalue weighted by Crippen LogP contribution is 2.23. The summed E-state index contributed by atoms with van der Waals surface area (Å²) in [5.74, 6) is 5.74. The van der Waals surface area contributed by atoms with E-state index in [2.05, 4.69) is 45.0 Å². The molecule has 3 N–H and O–H groups in total. The lowest BCUT2D eigenvalue weighted by Crippen LogP contribution is -2.37. The summed E-state index contributed by atoms with van der Waals surface area (Å²) in [4.78, 5) is 0. The number of aryl methyl sites for hydroxylation is 2. The van der Waals surface area contributed by atoms with Crippen LogP contribution in [0.2, 0.25) is 0 Å². The van der Waals surface area contributed by atoms with Crippen molar-refractivity contribution < 1.29 is 0 Å². The molecule has 0 radical (unpaired) electrons. The van der Waals surface area contributed by atoms with Crippen molar-refractivity contribution in [1.82, 2.24) is 15.2 Å². The van der Waals surface area contributed by atoms with Crippen LogP contribution in [-0.4, -0.2) is 15.8 Å². The molecule has 0 amide bonds. The number of halogens is 1. The van der Waals surface area contributed by atoms with Gasteiger partial charge in [-0.1, -0.05) is 45.4 Å². The molecule has 4 nitrogen and oxygen atoms in total. The molecule has 1 unspecified atom stereocenters. The normalized spacial score (nSPS) is 12.8. The van der Waals surface area contributed by atoms with E-state index >= 15 is 0 Å². The van der Waals surface area contributed by atoms with Crippen LogP contribution in [0.5, 0.6) is 0 Å². The van der Waals surface area contributed by atoms with E-state index in [0.717, 1.165) is 29.6 Å². The molecule has 0 aliphatic carbocycles. The largest absolute Gasteiger partial charge is 0.271 e. The minimum Gasteiger partial charge on any atom is -0.271 e. The van der Waals surface area contributed by atoms with E-state index in [0.29, 0.717) is 6.04 Å². The van der Waals surface area contributed by atoms with Gasteiger partial charge in [0.25, 0.3) is 0 Å². The second-order valence-electron chi connectivity index (χ2n) is 5.79. The number of rotatable bonds is 11. The lowest BCUT2D eigenvalue weighted by Gasteiger charge is -2.17. The Labute approximate surface area is 138 Å². The molecule has 0 aliphatic heterocycles. The monoisotopic (exact) mass is 358 g/mol. The first-order chi connectivity index (χ1) is 10.1. The third-order valence-electron chi connectivity index (χ3n) is 4.03. The molecule has 1 rings (SSSR count). The van der Waals surface area contributed by atoms with Gasteiger partial charge in [-0.05, 0) is 36.2 Å². The fraction of sp³-hybridized carbons (Fsp3) is 0.812. The van der Waals surface area contributed by atoms with Crippen LogP contribution in [0, 0.1) is 6.92 Å². The van der Waals surface area contributed by atoms with Crippen molar-refractivity contribution in [3.05, 3.63) is 15.9 Å². The van der Waals surface area contributed by atoms with Crippen molar-refractivity contribution in [3.63, 3.8) is 0 Å². The smallest absolute Gasteiger partial charge is 0.0738 e. The number of hydrogen-bond acceptors (Lipinski definition) is 3. The van der Waals surface area contributed by atoms with Gasteiger partial charge in [-0.15, -0.1) is 0 Å². The highest BCUT2D eigenvalue weighted by molar-refractivity contribution is 9.10. The average molecular weight is 359 g/mol. The van der Waals surface area contributed by atoms with Gasteiger partial charge in [0.1, 0.15) is 0 Å². The molecule has 0 bridgehead atoms. The summed E-state index contributed by atoms with van der Waals surface area (Å²) in [6, 6.07) is 0.328. The minimum atomic E-state index is 0.328. The molecule has 1 aromatic heterocycles. The second kappa shape index (κ2) is 10.4. The zero-order chi connectivity index (χ0) is 15.7. The third-order valence-corrected chi connectivity index (χ3v) is 5.07. The first kappa shape index (κ1) is 18.7. The van der Waals surface area contributed by atoms with Gasteiger partial charge in [-0.25, -0.2) is 0 Å². The summed E-state index contributed by atoms with van der Waals surface area (Å²) < 4.78 is 3.21. The Bertz CT molecular complexity index is 403. The van der Waals surface area contributed by atoms with Gasteiger partial charge in [0.05, 0.1) is 15.9 Å². The maximum absolute atomic E-state index is 5.74. The van der Waals surface area contributed by atoms with E-state index < -0.39 is 0 Å². The first-order valence-corrected chi connectivity index (χ1v) is 9.11. The van der Waals surface area contributed by atoms with Crippen molar-refractivity contribution >= 4 is 15.9 Å². The van der Waals surface area contributed by atoms with Crippen molar-refractivity contribution in [1.29, 1.82) is 0 Å². The summed E-state index contributed by atoms with van der Waals surface area (Å²) in [7, 11) is 0. The number of hydrazine groups is 1. The highest BCUT2D eigenvalue weighted by Gasteiger charge is 2.16. The van der Waals surface area contributed by atoms with Gasteiger partial charge in [0.15, 0.2) is 0 Å². The summed E-state index contributed by atoms with van der Waals surface area (Å²) in [5, 5.41) is 4.55. The fourth-order valence-electron chi connectivity index (χ4n) is 2.71. The van der Waals surface area contributed by atoms with Crippen LogP contribution in [0.25, 0.3) is 0 Å². The van der Waals surface area contributed by atoms with Gasteiger partial charge in [0.2, 0.25) is 0 Å². The third kappa shape index (κ3) is 6.09. The van der Waals surface area contributed by atoms with E-state index in [1.54, 1.807) is 0 Å². The van der Waals surface area contributed by atoms with Gasteiger partial charge >= 0.3 is 0 Å². The predicted molar refractivity (Wildman–Crippen MR) is 93.1 cm³/mol. The van der Waals surface area contributed by atoms with Crippen LogP contribution < -0.4 is 11.3 Å². The second-order valence-corrected chi connectivity index (χ2v) is 6.58. The Morgan fingerprint density at radius 3 is 2.48 bits per heavy atom. The molecule has 122 valence electrons. The van der Waals surface area contributed by atoms with Gasteiger partial charge < -0.3 is 0 Å². The highest BCUT2D eigenvalue weighted by atomic mass is 79.9. The maximum Gasteiger partial charge on any atom is 0.0738 e. The SMILES string of the molecule is CCCCCCCCC(Cc1c(Br)c(C)nn1CC)NN. The summed E-state index contributed by atoms with van der Waals surface area (Å²) >= 11 is 3.66. The number of hydrogen-bond donors (Lipinski definition) is 2. The van der Waals surface area contributed by atoms with Crippen molar-refractivity contribution in [3.8, 4) is 0 Å². The summed E-state index contributed by atoms with van der Waals surface area (Å²) in [6.45, 7) is 7.32. The van der Waals surface area contributed by atoms with Crippen LogP contribution in [0.15, 0.2) is 4.47 Å². The molecule has 0 aromatic carbocycles. The number of nitrogens with one attached hydrogen (secondary N) is 1. The Morgan fingerprint density at radius 2 is 1.86 bits per heavy atom. The van der Waals surface area contributed by atoms with Crippen LogP contribution >= 0.6 is 15.9 Å². The number of nitrogens with zero attached hydrogens (tertiary/aromatic N) is 2. The number of unbranched alkanes of at least 4 members (excludes halogenated alkanes) is 5. The zero-order valence-corrected chi connectivity index (χ0v) is 15.4. The van der Waals surface area contributed by atoms with Crippen LogP contribution in [0.4, 0.5) is 0 Å². The Morgan fingerprint density at radius 1 is 1.19 bits per heavy atom. The maximum atomic E-state index is 5.74. The molecule has 1 atom stereocenters. The Hall–Kier alpha value is -0.390. The van der Waals surface area contributed by atoms with E-state index in [1.807, 2.05) is 6.92 Å². The standard InChI is InChI=1S/C16H31BrN4/c1-4-6-7-8-9-10-11-14(19-18)12-15-16(17)13(3)20-21(15)5-2/h14,19H,4-12,18H2,1-3H3. The fourth-order valence-corrected chi connectivity index (χ4v) is 3.16. The van der Waals surface area contributed by atoms with Gasteiger partial charge in [-0.2, -0.15) is 5.10 Å². The topological polar surface area (TPSA) is 55.9 Å². The van der Waals surface area contributed by atoms with Crippen molar-refractivity contribution in [2.75, 3.05) is 0 Å². The molecular weight excluding hydrogens is 328 g/mol. The van der Waals surface area contributed by atoms with Gasteiger partial charge in [-0.3, -0.25) is 16.0 Å². The summed E-state index contributed by atoms with van der Waals surface area (Å²) in [5.41, 5.74) is 5.29. The molecule has 0 saturated heterocycles. The lowest BCUT2D eigenvalue weighted by atomic mass is 10.0. The van der Waals surface area contributed by atoms with Gasteiger partial charge in [0, 0.05) is 19.0 Å². The first-order valence-electron chi connectivity index (χ1n) is 8.31. The van der Waals surface area contributed by atoms with Crippen LogP contribution in [-0.2, 0) is 13.0 Å². The molecule has 0 aliphatic rings. The van der Waals surface area contributed by atoms with Crippen molar-refractivity contribution in [2.24, 2.45) is 5.84 Å².